The third kappa shape index (κ3) is 2.16. The SMILES string of the molecule is Cc1[nH]c(C2CCNCC2)nc1-c1cccnc1. The van der Waals surface area contributed by atoms with Gasteiger partial charge in [-0.15, -0.1) is 0 Å². The first kappa shape index (κ1) is 11.4. The Hall–Kier alpha value is -1.68. The molecule has 0 aromatic carbocycles. The lowest BCUT2D eigenvalue weighted by Crippen LogP contribution is -2.27. The minimum Gasteiger partial charge on any atom is -0.345 e. The summed E-state index contributed by atoms with van der Waals surface area (Å²) in [6.07, 6.45) is 5.99. The van der Waals surface area contributed by atoms with Crippen LogP contribution in [0.5, 0.6) is 0 Å². The van der Waals surface area contributed by atoms with E-state index in [-0.39, 0.29) is 0 Å². The Morgan fingerprint density at radius 2 is 2.11 bits per heavy atom. The van der Waals surface area contributed by atoms with E-state index in [1.165, 1.54) is 12.8 Å². The largest absolute Gasteiger partial charge is 0.345 e. The highest BCUT2D eigenvalue weighted by molar-refractivity contribution is 5.60. The third-order valence-corrected chi connectivity index (χ3v) is 3.56. The van der Waals surface area contributed by atoms with E-state index in [1.807, 2.05) is 12.3 Å². The Balaban J connectivity index is 1.91. The van der Waals surface area contributed by atoms with E-state index >= 15 is 0 Å². The summed E-state index contributed by atoms with van der Waals surface area (Å²) in [6.45, 7) is 4.26. The molecule has 1 fully saturated rings. The van der Waals surface area contributed by atoms with Crippen LogP contribution in [0.2, 0.25) is 0 Å². The molecule has 0 aliphatic carbocycles. The van der Waals surface area contributed by atoms with Crippen molar-refractivity contribution in [3.63, 3.8) is 0 Å². The first-order valence-electron chi connectivity index (χ1n) is 6.52. The van der Waals surface area contributed by atoms with Gasteiger partial charge in [0.1, 0.15) is 5.82 Å². The molecule has 0 atom stereocenters. The normalized spacial score (nSPS) is 16.9. The number of aryl methyl sites for hydroxylation is 1. The average molecular weight is 242 g/mol. The van der Waals surface area contributed by atoms with E-state index in [2.05, 4.69) is 28.3 Å². The van der Waals surface area contributed by atoms with Crippen molar-refractivity contribution in [2.75, 3.05) is 13.1 Å². The zero-order valence-electron chi connectivity index (χ0n) is 10.6. The van der Waals surface area contributed by atoms with Crippen LogP contribution in [-0.2, 0) is 0 Å². The van der Waals surface area contributed by atoms with E-state index in [9.17, 15) is 0 Å². The number of H-pyrrole nitrogens is 1. The molecular formula is C14H18N4. The maximum Gasteiger partial charge on any atom is 0.110 e. The summed E-state index contributed by atoms with van der Waals surface area (Å²) >= 11 is 0. The standard InChI is InChI=1S/C14H18N4/c1-10-13(12-3-2-6-16-9-12)18-14(17-10)11-4-7-15-8-5-11/h2-3,6,9,11,15H,4-5,7-8H2,1H3,(H,17,18). The average Bonchev–Trinajstić information content (AvgIpc) is 2.83. The lowest BCUT2D eigenvalue weighted by Gasteiger charge is -2.20. The number of imidazole rings is 1. The fourth-order valence-electron chi connectivity index (χ4n) is 2.56. The maximum atomic E-state index is 4.78. The zero-order valence-corrected chi connectivity index (χ0v) is 10.6. The molecule has 2 N–H and O–H groups in total. The number of piperidine rings is 1. The number of aromatic nitrogens is 3. The van der Waals surface area contributed by atoms with Crippen LogP contribution in [0.4, 0.5) is 0 Å². The van der Waals surface area contributed by atoms with Crippen LogP contribution in [-0.4, -0.2) is 28.0 Å². The van der Waals surface area contributed by atoms with Gasteiger partial charge >= 0.3 is 0 Å². The van der Waals surface area contributed by atoms with Crippen molar-refractivity contribution >= 4 is 0 Å². The molecule has 4 nitrogen and oxygen atoms in total. The second-order valence-corrected chi connectivity index (χ2v) is 4.86. The van der Waals surface area contributed by atoms with Crippen LogP contribution in [0.15, 0.2) is 24.5 Å². The number of hydrogen-bond acceptors (Lipinski definition) is 3. The lowest BCUT2D eigenvalue weighted by molar-refractivity contribution is 0.447. The fourth-order valence-corrected chi connectivity index (χ4v) is 2.56. The monoisotopic (exact) mass is 242 g/mol. The Morgan fingerprint density at radius 3 is 2.83 bits per heavy atom. The summed E-state index contributed by atoms with van der Waals surface area (Å²) in [5, 5.41) is 3.39. The van der Waals surface area contributed by atoms with Crippen molar-refractivity contribution in [2.45, 2.75) is 25.7 Å². The summed E-state index contributed by atoms with van der Waals surface area (Å²) in [4.78, 5) is 12.4. The van der Waals surface area contributed by atoms with Crippen molar-refractivity contribution in [3.8, 4) is 11.3 Å². The minimum atomic E-state index is 0.565. The summed E-state index contributed by atoms with van der Waals surface area (Å²) in [6, 6.07) is 4.01. The summed E-state index contributed by atoms with van der Waals surface area (Å²) in [5.41, 5.74) is 3.26. The Morgan fingerprint density at radius 1 is 1.28 bits per heavy atom. The minimum absolute atomic E-state index is 0.565. The molecule has 0 radical (unpaired) electrons. The Labute approximate surface area is 107 Å². The van der Waals surface area contributed by atoms with Crippen molar-refractivity contribution < 1.29 is 0 Å². The first-order chi connectivity index (χ1) is 8.84. The third-order valence-electron chi connectivity index (χ3n) is 3.56. The van der Waals surface area contributed by atoms with Crippen molar-refractivity contribution in [3.05, 3.63) is 36.0 Å². The van der Waals surface area contributed by atoms with Gasteiger partial charge in [-0.1, -0.05) is 0 Å². The van der Waals surface area contributed by atoms with Crippen LogP contribution in [0.1, 0.15) is 30.3 Å². The fraction of sp³-hybridized carbons (Fsp3) is 0.429. The summed E-state index contributed by atoms with van der Waals surface area (Å²) in [7, 11) is 0. The molecule has 0 unspecified atom stereocenters. The van der Waals surface area contributed by atoms with E-state index in [0.717, 1.165) is 35.9 Å². The predicted octanol–water partition coefficient (Wildman–Crippen LogP) is 2.25. The maximum absolute atomic E-state index is 4.78. The second kappa shape index (κ2) is 4.90. The van der Waals surface area contributed by atoms with Gasteiger partial charge in [-0.2, -0.15) is 0 Å². The molecule has 0 saturated carbocycles. The first-order valence-corrected chi connectivity index (χ1v) is 6.52. The van der Waals surface area contributed by atoms with Crippen LogP contribution < -0.4 is 5.32 Å². The molecule has 1 saturated heterocycles. The molecule has 0 bridgehead atoms. The Bertz CT molecular complexity index is 512. The van der Waals surface area contributed by atoms with Crippen molar-refractivity contribution in [2.24, 2.45) is 0 Å². The molecule has 3 heterocycles. The van der Waals surface area contributed by atoms with Gasteiger partial charge in [-0.3, -0.25) is 4.98 Å². The highest BCUT2D eigenvalue weighted by Crippen LogP contribution is 2.27. The lowest BCUT2D eigenvalue weighted by atomic mass is 9.98. The van der Waals surface area contributed by atoms with Crippen molar-refractivity contribution in [1.82, 2.24) is 20.3 Å². The second-order valence-electron chi connectivity index (χ2n) is 4.86. The van der Waals surface area contributed by atoms with Crippen LogP contribution in [0, 0.1) is 6.92 Å². The van der Waals surface area contributed by atoms with Gasteiger partial charge in [-0.05, 0) is 45.0 Å². The highest BCUT2D eigenvalue weighted by Gasteiger charge is 2.19. The Kier molecular flexibility index (Phi) is 3.11. The number of rotatable bonds is 2. The van der Waals surface area contributed by atoms with Gasteiger partial charge in [0.05, 0.1) is 5.69 Å². The van der Waals surface area contributed by atoms with Gasteiger partial charge in [0.15, 0.2) is 0 Å². The van der Waals surface area contributed by atoms with Gasteiger partial charge < -0.3 is 10.3 Å². The molecule has 1 aliphatic rings. The molecule has 4 heteroatoms. The molecule has 1 aliphatic heterocycles. The van der Waals surface area contributed by atoms with Gasteiger partial charge in [-0.25, -0.2) is 4.98 Å². The van der Waals surface area contributed by atoms with Gasteiger partial charge in [0, 0.05) is 29.6 Å². The van der Waals surface area contributed by atoms with Crippen LogP contribution in [0.25, 0.3) is 11.3 Å². The predicted molar refractivity (Wildman–Crippen MR) is 71.4 cm³/mol. The molecule has 2 aromatic heterocycles. The van der Waals surface area contributed by atoms with Gasteiger partial charge in [0.25, 0.3) is 0 Å². The molecule has 94 valence electrons. The quantitative estimate of drug-likeness (QED) is 0.849. The number of nitrogens with zero attached hydrogens (tertiary/aromatic N) is 2. The molecule has 18 heavy (non-hydrogen) atoms. The van der Waals surface area contributed by atoms with E-state index in [1.54, 1.807) is 6.20 Å². The van der Waals surface area contributed by atoms with E-state index in [0.29, 0.717) is 5.92 Å². The highest BCUT2D eigenvalue weighted by atomic mass is 15.0. The molecular weight excluding hydrogens is 224 g/mol. The van der Waals surface area contributed by atoms with E-state index in [4.69, 9.17) is 4.98 Å². The molecule has 0 spiro atoms. The molecule has 0 amide bonds. The van der Waals surface area contributed by atoms with E-state index < -0.39 is 0 Å². The number of aromatic amines is 1. The number of hydrogen-bond donors (Lipinski definition) is 2. The number of nitrogens with one attached hydrogen (secondary N) is 2. The molecule has 3 rings (SSSR count). The molecule has 2 aromatic rings. The number of pyridine rings is 1. The van der Waals surface area contributed by atoms with Crippen LogP contribution >= 0.6 is 0 Å². The topological polar surface area (TPSA) is 53.6 Å². The summed E-state index contributed by atoms with van der Waals surface area (Å²) in [5.74, 6) is 1.70. The smallest absolute Gasteiger partial charge is 0.110 e. The van der Waals surface area contributed by atoms with Crippen LogP contribution in [0.3, 0.4) is 0 Å². The summed E-state index contributed by atoms with van der Waals surface area (Å²) < 4.78 is 0. The van der Waals surface area contributed by atoms with Crippen molar-refractivity contribution in [1.29, 1.82) is 0 Å². The zero-order chi connectivity index (χ0) is 12.4. The van der Waals surface area contributed by atoms with Gasteiger partial charge in [0.2, 0.25) is 0 Å².